The van der Waals surface area contributed by atoms with Crippen LogP contribution < -0.4 is 10.1 Å². The Morgan fingerprint density at radius 2 is 1.95 bits per heavy atom. The van der Waals surface area contributed by atoms with E-state index in [0.717, 1.165) is 18.2 Å². The third kappa shape index (κ3) is 2.58. The van der Waals surface area contributed by atoms with E-state index in [1.165, 1.54) is 37.9 Å². The summed E-state index contributed by atoms with van der Waals surface area (Å²) >= 11 is 0. The lowest BCUT2D eigenvalue weighted by Crippen LogP contribution is -2.44. The van der Waals surface area contributed by atoms with Gasteiger partial charge in [-0.3, -0.25) is 4.90 Å². The van der Waals surface area contributed by atoms with Crippen molar-refractivity contribution in [2.45, 2.75) is 63.3 Å². The molecule has 114 valence electrons. The molecular formula is C18H26N2O. The molecule has 0 aliphatic carbocycles. The molecule has 1 aromatic rings. The average Bonchev–Trinajstić information content (AvgIpc) is 2.76. The van der Waals surface area contributed by atoms with Crippen molar-refractivity contribution in [3.8, 4) is 5.75 Å². The van der Waals surface area contributed by atoms with E-state index in [2.05, 4.69) is 48.3 Å². The summed E-state index contributed by atoms with van der Waals surface area (Å²) in [6.45, 7) is 6.84. The summed E-state index contributed by atoms with van der Waals surface area (Å²) in [7, 11) is 0. The topological polar surface area (TPSA) is 24.5 Å². The number of para-hydroxylation sites is 1. The molecule has 0 aromatic heterocycles. The van der Waals surface area contributed by atoms with Crippen LogP contribution in [0.4, 0.5) is 0 Å². The zero-order valence-corrected chi connectivity index (χ0v) is 13.1. The number of rotatable bonds is 1. The molecule has 2 fully saturated rings. The molecule has 21 heavy (non-hydrogen) atoms. The first-order valence-electron chi connectivity index (χ1n) is 8.39. The third-order valence-corrected chi connectivity index (χ3v) is 5.34. The minimum atomic E-state index is -0.0717. The van der Waals surface area contributed by atoms with Crippen LogP contribution in [0, 0.1) is 0 Å². The van der Waals surface area contributed by atoms with Crippen molar-refractivity contribution in [2.24, 2.45) is 0 Å². The van der Waals surface area contributed by atoms with E-state index in [4.69, 9.17) is 4.74 Å². The highest BCUT2D eigenvalue weighted by Crippen LogP contribution is 2.43. The highest BCUT2D eigenvalue weighted by molar-refractivity contribution is 5.38. The Kier molecular flexibility index (Phi) is 3.23. The van der Waals surface area contributed by atoms with Crippen LogP contribution in [-0.4, -0.2) is 35.7 Å². The van der Waals surface area contributed by atoms with Crippen molar-refractivity contribution < 1.29 is 4.74 Å². The Bertz CT molecular complexity index is 528. The molecule has 3 heterocycles. The molecule has 0 radical (unpaired) electrons. The molecule has 0 spiro atoms. The first-order chi connectivity index (χ1) is 10.1. The fraction of sp³-hybridized carbons (Fsp3) is 0.667. The number of hydrogen-bond donors (Lipinski definition) is 1. The van der Waals surface area contributed by atoms with Crippen LogP contribution in [0.15, 0.2) is 24.3 Å². The number of nitrogens with one attached hydrogen (secondary N) is 1. The zero-order chi connectivity index (χ0) is 14.4. The van der Waals surface area contributed by atoms with E-state index < -0.39 is 0 Å². The molecule has 3 unspecified atom stereocenters. The van der Waals surface area contributed by atoms with Crippen molar-refractivity contribution in [3.63, 3.8) is 0 Å². The fourth-order valence-corrected chi connectivity index (χ4v) is 4.34. The molecule has 0 saturated carbocycles. The maximum atomic E-state index is 6.19. The summed E-state index contributed by atoms with van der Waals surface area (Å²) < 4.78 is 6.19. The second kappa shape index (κ2) is 4.99. The van der Waals surface area contributed by atoms with Gasteiger partial charge >= 0.3 is 0 Å². The SMILES string of the molecule is CC1(C)CC(N2CCC3CCC(C2)N3)c2ccccc2O1. The van der Waals surface area contributed by atoms with Crippen molar-refractivity contribution >= 4 is 0 Å². The predicted molar refractivity (Wildman–Crippen MR) is 84.6 cm³/mol. The fourth-order valence-electron chi connectivity index (χ4n) is 4.34. The number of likely N-dealkylation sites (tertiary alicyclic amines) is 1. The quantitative estimate of drug-likeness (QED) is 0.858. The van der Waals surface area contributed by atoms with Gasteiger partial charge in [-0.15, -0.1) is 0 Å². The lowest BCUT2D eigenvalue weighted by molar-refractivity contribution is 0.0282. The number of benzene rings is 1. The van der Waals surface area contributed by atoms with E-state index in [1.807, 2.05) is 0 Å². The van der Waals surface area contributed by atoms with Crippen molar-refractivity contribution in [3.05, 3.63) is 29.8 Å². The van der Waals surface area contributed by atoms with Crippen molar-refractivity contribution in [1.29, 1.82) is 0 Å². The van der Waals surface area contributed by atoms with Gasteiger partial charge in [0.2, 0.25) is 0 Å². The minimum Gasteiger partial charge on any atom is -0.487 e. The van der Waals surface area contributed by atoms with Gasteiger partial charge in [-0.25, -0.2) is 0 Å². The summed E-state index contributed by atoms with van der Waals surface area (Å²) in [5.74, 6) is 1.08. The first kappa shape index (κ1) is 13.6. The molecule has 4 rings (SSSR count). The van der Waals surface area contributed by atoms with E-state index in [-0.39, 0.29) is 5.60 Å². The highest BCUT2D eigenvalue weighted by atomic mass is 16.5. The molecule has 2 bridgehead atoms. The number of hydrogen-bond acceptors (Lipinski definition) is 3. The average molecular weight is 286 g/mol. The van der Waals surface area contributed by atoms with Gasteiger partial charge in [0.15, 0.2) is 0 Å². The van der Waals surface area contributed by atoms with Crippen LogP contribution >= 0.6 is 0 Å². The highest BCUT2D eigenvalue weighted by Gasteiger charge is 2.39. The van der Waals surface area contributed by atoms with E-state index in [1.54, 1.807) is 0 Å². The first-order valence-corrected chi connectivity index (χ1v) is 8.39. The summed E-state index contributed by atoms with van der Waals surface area (Å²) in [5, 5.41) is 3.79. The van der Waals surface area contributed by atoms with Gasteiger partial charge in [-0.1, -0.05) is 18.2 Å². The summed E-state index contributed by atoms with van der Waals surface area (Å²) in [4.78, 5) is 2.71. The predicted octanol–water partition coefficient (Wildman–Crippen LogP) is 3.12. The van der Waals surface area contributed by atoms with E-state index in [9.17, 15) is 0 Å². The summed E-state index contributed by atoms with van der Waals surface area (Å²) in [5.41, 5.74) is 1.31. The van der Waals surface area contributed by atoms with Gasteiger partial charge in [-0.05, 0) is 39.2 Å². The van der Waals surface area contributed by atoms with Crippen LogP contribution in [0.1, 0.15) is 51.1 Å². The zero-order valence-electron chi connectivity index (χ0n) is 13.1. The normalized spacial score (nSPS) is 34.9. The smallest absolute Gasteiger partial charge is 0.124 e. The van der Waals surface area contributed by atoms with Crippen molar-refractivity contribution in [1.82, 2.24) is 10.2 Å². The van der Waals surface area contributed by atoms with Crippen LogP contribution in [-0.2, 0) is 0 Å². The Morgan fingerprint density at radius 3 is 2.86 bits per heavy atom. The number of ether oxygens (including phenoxy) is 1. The van der Waals surface area contributed by atoms with Gasteiger partial charge in [0.1, 0.15) is 11.4 Å². The Hall–Kier alpha value is -1.06. The van der Waals surface area contributed by atoms with E-state index in [0.29, 0.717) is 12.1 Å². The maximum Gasteiger partial charge on any atom is 0.124 e. The number of nitrogens with zero attached hydrogens (tertiary/aromatic N) is 1. The molecule has 3 aliphatic heterocycles. The molecule has 0 amide bonds. The van der Waals surface area contributed by atoms with Gasteiger partial charge < -0.3 is 10.1 Å². The molecular weight excluding hydrogens is 260 g/mol. The molecule has 3 heteroatoms. The van der Waals surface area contributed by atoms with Gasteiger partial charge in [-0.2, -0.15) is 0 Å². The Labute approximate surface area is 127 Å². The van der Waals surface area contributed by atoms with Crippen LogP contribution in [0.2, 0.25) is 0 Å². The van der Waals surface area contributed by atoms with E-state index >= 15 is 0 Å². The second-order valence-electron chi connectivity index (χ2n) is 7.54. The lowest BCUT2D eigenvalue weighted by Gasteiger charge is -2.43. The Morgan fingerprint density at radius 1 is 1.14 bits per heavy atom. The second-order valence-corrected chi connectivity index (χ2v) is 7.54. The lowest BCUT2D eigenvalue weighted by atomic mass is 9.88. The molecule has 3 atom stereocenters. The maximum absolute atomic E-state index is 6.19. The van der Waals surface area contributed by atoms with Crippen LogP contribution in [0.5, 0.6) is 5.75 Å². The summed E-state index contributed by atoms with van der Waals surface area (Å²) in [6, 6.07) is 10.6. The standard InChI is InChI=1S/C18H26N2O/c1-18(2)11-16(15-5-3-4-6-17(15)21-18)20-10-9-13-7-8-14(12-20)19-13/h3-6,13-14,16,19H,7-12H2,1-2H3. The summed E-state index contributed by atoms with van der Waals surface area (Å²) in [6.07, 6.45) is 5.08. The number of fused-ring (bicyclic) bond motifs is 3. The van der Waals surface area contributed by atoms with Crippen LogP contribution in [0.25, 0.3) is 0 Å². The largest absolute Gasteiger partial charge is 0.487 e. The monoisotopic (exact) mass is 286 g/mol. The molecule has 3 nitrogen and oxygen atoms in total. The molecule has 2 saturated heterocycles. The molecule has 3 aliphatic rings. The molecule has 1 N–H and O–H groups in total. The van der Waals surface area contributed by atoms with Crippen LogP contribution in [0.3, 0.4) is 0 Å². The van der Waals surface area contributed by atoms with Gasteiger partial charge in [0.05, 0.1) is 0 Å². The van der Waals surface area contributed by atoms with Gasteiger partial charge in [0, 0.05) is 43.2 Å². The minimum absolute atomic E-state index is 0.0717. The third-order valence-electron chi connectivity index (χ3n) is 5.34. The Balaban J connectivity index is 1.64. The molecule has 1 aromatic carbocycles. The van der Waals surface area contributed by atoms with Crippen molar-refractivity contribution in [2.75, 3.05) is 13.1 Å². The van der Waals surface area contributed by atoms with Gasteiger partial charge in [0.25, 0.3) is 0 Å².